The van der Waals surface area contributed by atoms with Gasteiger partial charge in [0.1, 0.15) is 30.4 Å². The molecule has 0 radical (unpaired) electrons. The molecule has 3 heterocycles. The van der Waals surface area contributed by atoms with E-state index in [4.69, 9.17) is 22.1 Å². The molecule has 2 aromatic heterocycles. The largest absolute Gasteiger partial charge is 0.387 e. The lowest BCUT2D eigenvalue weighted by atomic mass is 10.1. The molecule has 3 rings (SSSR count). The van der Waals surface area contributed by atoms with Crippen molar-refractivity contribution in [3.8, 4) is 0 Å². The number of alkyl halides is 1. The summed E-state index contributed by atoms with van der Waals surface area (Å²) in [6, 6.07) is 0. The van der Waals surface area contributed by atoms with Gasteiger partial charge in [-0.1, -0.05) is 11.6 Å². The number of aromatic nitrogens is 4. The van der Waals surface area contributed by atoms with Crippen LogP contribution in [0.2, 0.25) is 0 Å². The maximum atomic E-state index is 10.1. The van der Waals surface area contributed by atoms with Gasteiger partial charge in [0.25, 0.3) is 5.18 Å². The van der Waals surface area contributed by atoms with Crippen LogP contribution in [0.1, 0.15) is 6.92 Å². The van der Waals surface area contributed by atoms with Gasteiger partial charge >= 0.3 is 0 Å². The highest BCUT2D eigenvalue weighted by Crippen LogP contribution is 2.40. The van der Waals surface area contributed by atoms with Crippen LogP contribution < -0.4 is 5.73 Å². The molecule has 19 heavy (non-hydrogen) atoms. The fourth-order valence-corrected chi connectivity index (χ4v) is 2.54. The Morgan fingerprint density at radius 2 is 2.16 bits per heavy atom. The zero-order chi connectivity index (χ0) is 13.8. The van der Waals surface area contributed by atoms with Crippen molar-refractivity contribution in [2.75, 3.05) is 5.73 Å². The number of anilines is 1. The van der Waals surface area contributed by atoms with Gasteiger partial charge in [-0.3, -0.25) is 4.57 Å². The Labute approximate surface area is 112 Å². The average molecular weight is 286 g/mol. The highest BCUT2D eigenvalue weighted by Gasteiger charge is 2.54. The molecule has 4 atom stereocenters. The minimum Gasteiger partial charge on any atom is -0.387 e. The molecule has 4 N–H and O–H groups in total. The number of ether oxygens (including phenoxy) is 1. The first-order valence-corrected chi connectivity index (χ1v) is 6.00. The van der Waals surface area contributed by atoms with Crippen molar-refractivity contribution >= 4 is 28.6 Å². The smallest absolute Gasteiger partial charge is 0.255 e. The third kappa shape index (κ3) is 1.61. The fraction of sp³-hybridized carbons (Fsp3) is 0.500. The number of aliphatic hydroxyl groups excluding tert-OH is 2. The monoisotopic (exact) mass is 285 g/mol. The van der Waals surface area contributed by atoms with Gasteiger partial charge in [0.15, 0.2) is 11.5 Å². The fourth-order valence-electron chi connectivity index (χ4n) is 2.14. The predicted octanol–water partition coefficient (Wildman–Crippen LogP) is -0.602. The first-order chi connectivity index (χ1) is 8.95. The van der Waals surface area contributed by atoms with Crippen LogP contribution in [0.3, 0.4) is 0 Å². The first-order valence-electron chi connectivity index (χ1n) is 5.62. The number of nitrogen functional groups attached to an aromatic ring is 1. The van der Waals surface area contributed by atoms with Crippen LogP contribution in [-0.4, -0.2) is 48.0 Å². The number of halogens is 1. The summed E-state index contributed by atoms with van der Waals surface area (Å²) in [6.07, 6.45) is -0.440. The number of nitrogens with two attached hydrogens (primary N) is 1. The van der Waals surface area contributed by atoms with E-state index in [2.05, 4.69) is 15.0 Å². The van der Waals surface area contributed by atoms with Crippen LogP contribution in [0.25, 0.3) is 11.2 Å². The summed E-state index contributed by atoms with van der Waals surface area (Å²) in [7, 11) is 0. The Morgan fingerprint density at radius 1 is 1.42 bits per heavy atom. The summed E-state index contributed by atoms with van der Waals surface area (Å²) in [4.78, 5) is 11.9. The number of nitrogens with zero attached hydrogens (tertiary/aromatic N) is 4. The standard InChI is InChI=1S/C10H12ClN5O3/c1-4-6(17)7(18)10(11,19-4)16-3-15-5-8(12)13-2-14-9(5)16/h2-4,6-7,17-18H,1H3,(H2,12,13,14)/t4-,6-,7-,10+/m1/s1. The maximum Gasteiger partial charge on any atom is 0.255 e. The van der Waals surface area contributed by atoms with Gasteiger partial charge in [-0.05, 0) is 6.92 Å². The molecule has 2 aromatic rings. The summed E-state index contributed by atoms with van der Waals surface area (Å²) < 4.78 is 6.79. The summed E-state index contributed by atoms with van der Waals surface area (Å²) in [5.41, 5.74) is 6.35. The zero-order valence-corrected chi connectivity index (χ0v) is 10.7. The second-order valence-electron chi connectivity index (χ2n) is 4.41. The van der Waals surface area contributed by atoms with Crippen LogP contribution in [0.4, 0.5) is 5.82 Å². The Balaban J connectivity index is 2.17. The second kappa shape index (κ2) is 4.01. The molecule has 1 fully saturated rings. The molecule has 1 aliphatic rings. The molecule has 102 valence electrons. The quantitative estimate of drug-likeness (QED) is 0.598. The van der Waals surface area contributed by atoms with E-state index in [9.17, 15) is 10.2 Å². The van der Waals surface area contributed by atoms with Crippen LogP contribution in [0.5, 0.6) is 0 Å². The van der Waals surface area contributed by atoms with Crippen molar-refractivity contribution < 1.29 is 14.9 Å². The molecule has 8 nitrogen and oxygen atoms in total. The molecule has 1 saturated heterocycles. The van der Waals surface area contributed by atoms with E-state index in [0.717, 1.165) is 0 Å². The maximum absolute atomic E-state index is 10.1. The Morgan fingerprint density at radius 3 is 2.79 bits per heavy atom. The van der Waals surface area contributed by atoms with E-state index >= 15 is 0 Å². The van der Waals surface area contributed by atoms with Gasteiger partial charge in [-0.15, -0.1) is 0 Å². The zero-order valence-electron chi connectivity index (χ0n) is 9.93. The minimum atomic E-state index is -1.67. The molecule has 0 amide bonds. The molecule has 0 unspecified atom stereocenters. The van der Waals surface area contributed by atoms with Crippen molar-refractivity contribution in [3.05, 3.63) is 12.7 Å². The topological polar surface area (TPSA) is 119 Å². The van der Waals surface area contributed by atoms with E-state index in [1.54, 1.807) is 6.92 Å². The van der Waals surface area contributed by atoms with Crippen molar-refractivity contribution in [1.82, 2.24) is 19.5 Å². The molecule has 0 aliphatic carbocycles. The lowest BCUT2D eigenvalue weighted by molar-refractivity contribution is -0.0687. The van der Waals surface area contributed by atoms with E-state index in [1.807, 2.05) is 0 Å². The molecule has 0 bridgehead atoms. The third-order valence-corrected chi connectivity index (χ3v) is 3.71. The van der Waals surface area contributed by atoms with Gasteiger partial charge in [0.2, 0.25) is 0 Å². The number of fused-ring (bicyclic) bond motifs is 1. The second-order valence-corrected chi connectivity index (χ2v) is 4.95. The molecule has 1 aliphatic heterocycles. The van der Waals surface area contributed by atoms with E-state index in [-0.39, 0.29) is 5.82 Å². The van der Waals surface area contributed by atoms with E-state index < -0.39 is 23.5 Å². The van der Waals surface area contributed by atoms with Gasteiger partial charge in [0, 0.05) is 0 Å². The van der Waals surface area contributed by atoms with E-state index in [1.165, 1.54) is 17.2 Å². The highest BCUT2D eigenvalue weighted by molar-refractivity contribution is 6.22. The molecule has 0 saturated carbocycles. The molecular formula is C10H12ClN5O3. The summed E-state index contributed by atoms with van der Waals surface area (Å²) >= 11 is 6.30. The highest BCUT2D eigenvalue weighted by atomic mass is 35.5. The van der Waals surface area contributed by atoms with Crippen molar-refractivity contribution in [3.63, 3.8) is 0 Å². The summed E-state index contributed by atoms with van der Waals surface area (Å²) in [5.74, 6) is 0.199. The third-order valence-electron chi connectivity index (χ3n) is 3.21. The molecule has 9 heteroatoms. The lowest BCUT2D eigenvalue weighted by Gasteiger charge is -2.26. The number of hydrogen-bond donors (Lipinski definition) is 3. The van der Waals surface area contributed by atoms with Gasteiger partial charge in [-0.2, -0.15) is 0 Å². The number of aliphatic hydroxyl groups is 2. The SMILES string of the molecule is C[C@H]1O[C@@](Cl)(n2cnc3c(N)ncnc32)[C@H](O)[C@@H]1O. The van der Waals surface area contributed by atoms with Crippen LogP contribution >= 0.6 is 11.6 Å². The average Bonchev–Trinajstić information content (AvgIpc) is 2.89. The van der Waals surface area contributed by atoms with Crippen molar-refractivity contribution in [1.29, 1.82) is 0 Å². The van der Waals surface area contributed by atoms with E-state index in [0.29, 0.717) is 11.2 Å². The predicted molar refractivity (Wildman–Crippen MR) is 66.1 cm³/mol. The van der Waals surface area contributed by atoms with Crippen LogP contribution in [0.15, 0.2) is 12.7 Å². The minimum absolute atomic E-state index is 0.199. The summed E-state index contributed by atoms with van der Waals surface area (Å²) in [6.45, 7) is 1.61. The number of imidazole rings is 1. The molecule has 0 spiro atoms. The van der Waals surface area contributed by atoms with Gasteiger partial charge < -0.3 is 20.7 Å². The number of hydrogen-bond acceptors (Lipinski definition) is 7. The number of rotatable bonds is 1. The van der Waals surface area contributed by atoms with Crippen LogP contribution in [-0.2, 0) is 9.92 Å². The van der Waals surface area contributed by atoms with Crippen LogP contribution in [0, 0.1) is 0 Å². The molecule has 0 aromatic carbocycles. The lowest BCUT2D eigenvalue weighted by Crippen LogP contribution is -2.40. The van der Waals surface area contributed by atoms with Crippen molar-refractivity contribution in [2.24, 2.45) is 0 Å². The normalized spacial score (nSPS) is 35.1. The van der Waals surface area contributed by atoms with Gasteiger partial charge in [-0.25, -0.2) is 15.0 Å². The van der Waals surface area contributed by atoms with Crippen molar-refractivity contribution in [2.45, 2.75) is 30.4 Å². The molecular weight excluding hydrogens is 274 g/mol. The van der Waals surface area contributed by atoms with Gasteiger partial charge in [0.05, 0.1) is 6.10 Å². The Hall–Kier alpha value is -1.48. The first kappa shape index (κ1) is 12.5. The Kier molecular flexibility index (Phi) is 2.65. The summed E-state index contributed by atoms with van der Waals surface area (Å²) in [5, 5.41) is 18.2. The Bertz CT molecular complexity index is 635.